The normalized spacial score (nSPS) is 26.9. The Bertz CT molecular complexity index is 352. The van der Waals surface area contributed by atoms with Crippen LogP contribution in [0.2, 0.25) is 0 Å². The molecule has 2 aliphatic rings. The summed E-state index contributed by atoms with van der Waals surface area (Å²) in [6.07, 6.45) is 6.54. The lowest BCUT2D eigenvalue weighted by atomic mass is 9.99. The zero-order chi connectivity index (χ0) is 14.5. The summed E-state index contributed by atoms with van der Waals surface area (Å²) in [4.78, 5) is 25.3. The van der Waals surface area contributed by atoms with Crippen molar-refractivity contribution in [1.29, 1.82) is 0 Å². The maximum absolute atomic E-state index is 12.4. The summed E-state index contributed by atoms with van der Waals surface area (Å²) >= 11 is 0. The van der Waals surface area contributed by atoms with E-state index in [1.807, 2.05) is 6.92 Å². The summed E-state index contributed by atoms with van der Waals surface area (Å²) < 4.78 is 5.27. The highest BCUT2D eigenvalue weighted by Gasteiger charge is 2.39. The number of ether oxygens (including phenoxy) is 1. The van der Waals surface area contributed by atoms with Gasteiger partial charge in [0.25, 0.3) is 0 Å². The molecule has 1 heterocycles. The number of carbonyl (C=O) groups is 2. The highest BCUT2D eigenvalue weighted by atomic mass is 16.5. The van der Waals surface area contributed by atoms with Gasteiger partial charge in [0.1, 0.15) is 5.92 Å². The van der Waals surface area contributed by atoms with Crippen LogP contribution in [0.15, 0.2) is 0 Å². The van der Waals surface area contributed by atoms with Gasteiger partial charge in [-0.25, -0.2) is 0 Å². The molecule has 5 nitrogen and oxygen atoms in total. The molecule has 5 heteroatoms. The fourth-order valence-electron chi connectivity index (χ4n) is 3.45. The second-order valence-electron chi connectivity index (χ2n) is 5.92. The molecule has 1 aliphatic carbocycles. The minimum atomic E-state index is -0.866. The molecular weight excluding hydrogens is 258 g/mol. The van der Waals surface area contributed by atoms with Gasteiger partial charge in [0.2, 0.25) is 5.91 Å². The van der Waals surface area contributed by atoms with Gasteiger partial charge in [-0.3, -0.25) is 9.59 Å². The number of amides is 1. The lowest BCUT2D eigenvalue weighted by Gasteiger charge is -2.29. The SMILES string of the molecule is CCN(C(=O)CCC1CCCC1)C1COCC1C(=O)O. The highest BCUT2D eigenvalue weighted by Crippen LogP contribution is 2.29. The van der Waals surface area contributed by atoms with E-state index >= 15 is 0 Å². The summed E-state index contributed by atoms with van der Waals surface area (Å²) in [6, 6.07) is -0.298. The lowest BCUT2D eigenvalue weighted by Crippen LogP contribution is -2.46. The summed E-state index contributed by atoms with van der Waals surface area (Å²) in [5, 5.41) is 9.19. The third-order valence-corrected chi connectivity index (χ3v) is 4.67. The third kappa shape index (κ3) is 3.51. The van der Waals surface area contributed by atoms with Crippen molar-refractivity contribution in [3.63, 3.8) is 0 Å². The number of rotatable bonds is 6. The molecule has 0 radical (unpaired) electrons. The first-order chi connectivity index (χ1) is 9.63. The zero-order valence-corrected chi connectivity index (χ0v) is 12.2. The topological polar surface area (TPSA) is 66.8 Å². The maximum atomic E-state index is 12.4. The second kappa shape index (κ2) is 7.07. The number of likely N-dealkylation sites (N-methyl/N-ethyl adjacent to an activating group) is 1. The van der Waals surface area contributed by atoms with Gasteiger partial charge in [0.15, 0.2) is 0 Å². The minimum Gasteiger partial charge on any atom is -0.481 e. The van der Waals surface area contributed by atoms with Crippen molar-refractivity contribution in [2.24, 2.45) is 11.8 Å². The quantitative estimate of drug-likeness (QED) is 0.808. The number of carbonyl (C=O) groups excluding carboxylic acids is 1. The van der Waals surface area contributed by atoms with Gasteiger partial charge in [-0.15, -0.1) is 0 Å². The first-order valence-corrected chi connectivity index (χ1v) is 7.73. The second-order valence-corrected chi connectivity index (χ2v) is 5.92. The summed E-state index contributed by atoms with van der Waals surface area (Å²) in [5.74, 6) is -0.672. The van der Waals surface area contributed by atoms with E-state index in [9.17, 15) is 14.7 Å². The van der Waals surface area contributed by atoms with Crippen LogP contribution < -0.4 is 0 Å². The van der Waals surface area contributed by atoms with Crippen LogP contribution in [0.5, 0.6) is 0 Å². The van der Waals surface area contributed by atoms with Crippen LogP contribution in [-0.4, -0.2) is 47.7 Å². The number of hydrogen-bond donors (Lipinski definition) is 1. The number of aliphatic carboxylic acids is 1. The molecule has 2 fully saturated rings. The molecule has 2 unspecified atom stereocenters. The van der Waals surface area contributed by atoms with E-state index < -0.39 is 11.9 Å². The Labute approximate surface area is 120 Å². The van der Waals surface area contributed by atoms with E-state index in [2.05, 4.69) is 0 Å². The van der Waals surface area contributed by atoms with Crippen LogP contribution in [0, 0.1) is 11.8 Å². The van der Waals surface area contributed by atoms with Crippen molar-refractivity contribution in [2.75, 3.05) is 19.8 Å². The molecule has 2 rings (SSSR count). The van der Waals surface area contributed by atoms with E-state index in [-0.39, 0.29) is 18.6 Å². The van der Waals surface area contributed by atoms with E-state index in [0.29, 0.717) is 25.5 Å². The predicted octanol–water partition coefficient (Wildman–Crippen LogP) is 1.90. The fraction of sp³-hybridized carbons (Fsp3) is 0.867. The molecular formula is C15H25NO4. The molecule has 0 aromatic heterocycles. The summed E-state index contributed by atoms with van der Waals surface area (Å²) in [7, 11) is 0. The number of nitrogens with zero attached hydrogens (tertiary/aromatic N) is 1. The Hall–Kier alpha value is -1.10. The van der Waals surface area contributed by atoms with Crippen molar-refractivity contribution in [1.82, 2.24) is 4.90 Å². The van der Waals surface area contributed by atoms with Crippen molar-refractivity contribution in [3.05, 3.63) is 0 Å². The molecule has 114 valence electrons. The van der Waals surface area contributed by atoms with Crippen molar-refractivity contribution < 1.29 is 19.4 Å². The van der Waals surface area contributed by atoms with Crippen molar-refractivity contribution in [2.45, 2.75) is 51.5 Å². The minimum absolute atomic E-state index is 0.0844. The third-order valence-electron chi connectivity index (χ3n) is 4.67. The molecule has 0 spiro atoms. The molecule has 1 N–H and O–H groups in total. The van der Waals surface area contributed by atoms with Gasteiger partial charge in [-0.1, -0.05) is 25.7 Å². The molecule has 1 amide bonds. The largest absolute Gasteiger partial charge is 0.481 e. The smallest absolute Gasteiger partial charge is 0.311 e. The molecule has 0 aromatic rings. The number of carboxylic acid groups (broad SMARTS) is 1. The molecule has 0 aromatic carbocycles. The molecule has 0 bridgehead atoms. The Morgan fingerprint density at radius 2 is 1.95 bits per heavy atom. The van der Waals surface area contributed by atoms with E-state index in [1.165, 1.54) is 25.7 Å². The Morgan fingerprint density at radius 3 is 2.55 bits per heavy atom. The lowest BCUT2D eigenvalue weighted by molar-refractivity contribution is -0.145. The van der Waals surface area contributed by atoms with E-state index in [4.69, 9.17) is 4.74 Å². The fourth-order valence-corrected chi connectivity index (χ4v) is 3.45. The van der Waals surface area contributed by atoms with Crippen molar-refractivity contribution >= 4 is 11.9 Å². The average molecular weight is 283 g/mol. The van der Waals surface area contributed by atoms with Crippen LogP contribution in [0.3, 0.4) is 0 Å². The molecule has 1 saturated carbocycles. The molecule has 2 atom stereocenters. The van der Waals surface area contributed by atoms with Crippen LogP contribution in [-0.2, 0) is 14.3 Å². The van der Waals surface area contributed by atoms with Crippen molar-refractivity contribution in [3.8, 4) is 0 Å². The number of hydrogen-bond acceptors (Lipinski definition) is 3. The highest BCUT2D eigenvalue weighted by molar-refractivity contribution is 5.78. The van der Waals surface area contributed by atoms with Crippen LogP contribution in [0.4, 0.5) is 0 Å². The van der Waals surface area contributed by atoms with Gasteiger partial charge in [0.05, 0.1) is 19.3 Å². The van der Waals surface area contributed by atoms with Crippen LogP contribution in [0.25, 0.3) is 0 Å². The Balaban J connectivity index is 1.89. The molecule has 1 saturated heterocycles. The number of carboxylic acids is 1. The standard InChI is InChI=1S/C15H25NO4/c1-2-16(13-10-20-9-12(13)15(18)19)14(17)8-7-11-5-3-4-6-11/h11-13H,2-10H2,1H3,(H,18,19). The monoisotopic (exact) mass is 283 g/mol. The van der Waals surface area contributed by atoms with Gasteiger partial charge in [0, 0.05) is 13.0 Å². The zero-order valence-electron chi connectivity index (χ0n) is 12.2. The molecule has 20 heavy (non-hydrogen) atoms. The van der Waals surface area contributed by atoms with Gasteiger partial charge >= 0.3 is 5.97 Å². The van der Waals surface area contributed by atoms with Crippen LogP contribution >= 0.6 is 0 Å². The predicted molar refractivity (Wildman–Crippen MR) is 74.3 cm³/mol. The first-order valence-electron chi connectivity index (χ1n) is 7.73. The molecule has 1 aliphatic heterocycles. The van der Waals surface area contributed by atoms with Gasteiger partial charge in [-0.2, -0.15) is 0 Å². The Kier molecular flexibility index (Phi) is 5.40. The maximum Gasteiger partial charge on any atom is 0.311 e. The summed E-state index contributed by atoms with van der Waals surface area (Å²) in [6.45, 7) is 3.03. The Morgan fingerprint density at radius 1 is 1.25 bits per heavy atom. The van der Waals surface area contributed by atoms with Gasteiger partial charge in [-0.05, 0) is 19.3 Å². The average Bonchev–Trinajstić information content (AvgIpc) is 3.08. The van der Waals surface area contributed by atoms with Crippen LogP contribution in [0.1, 0.15) is 45.4 Å². The summed E-state index contributed by atoms with van der Waals surface area (Å²) in [5.41, 5.74) is 0. The first kappa shape index (κ1) is 15.3. The van der Waals surface area contributed by atoms with Gasteiger partial charge < -0.3 is 14.7 Å². The van der Waals surface area contributed by atoms with E-state index in [1.54, 1.807) is 4.90 Å². The van der Waals surface area contributed by atoms with E-state index in [0.717, 1.165) is 6.42 Å².